The molecule has 4 aromatic rings. The number of aromatic nitrogens is 3. The summed E-state index contributed by atoms with van der Waals surface area (Å²) in [5.41, 5.74) is 0.143. The molecule has 0 saturated heterocycles. The van der Waals surface area contributed by atoms with E-state index in [0.29, 0.717) is 16.3 Å². The van der Waals surface area contributed by atoms with Crippen molar-refractivity contribution in [2.75, 3.05) is 5.32 Å². The Hall–Kier alpha value is -3.83. The number of aromatic carboxylic acids is 1. The predicted octanol–water partition coefficient (Wildman–Crippen LogP) is 5.62. The maximum absolute atomic E-state index is 13.0. The Kier molecular flexibility index (Phi) is 6.30. The number of carbonyl (C=O) groups is 1. The lowest BCUT2D eigenvalue weighted by molar-refractivity contribution is -0.141. The molecule has 11 heteroatoms. The molecule has 4 rings (SSSR count). The fourth-order valence-electron chi connectivity index (χ4n) is 3.40. The first kappa shape index (κ1) is 24.3. The Bertz CT molecular complexity index is 1390. The number of aryl methyl sites for hydroxylation is 1. The van der Waals surface area contributed by atoms with Crippen molar-refractivity contribution in [3.05, 3.63) is 88.3 Å². The van der Waals surface area contributed by atoms with Gasteiger partial charge in [0.05, 0.1) is 10.4 Å². The summed E-state index contributed by atoms with van der Waals surface area (Å²) in [6.45, 7) is 3.41. The van der Waals surface area contributed by atoms with Gasteiger partial charge < -0.3 is 15.5 Å². The van der Waals surface area contributed by atoms with Crippen molar-refractivity contribution in [3.8, 4) is 10.4 Å². The van der Waals surface area contributed by atoms with E-state index >= 15 is 0 Å². The quantitative estimate of drug-likeness (QED) is 0.315. The Morgan fingerprint density at radius 3 is 2.43 bits per heavy atom. The highest BCUT2D eigenvalue weighted by Gasteiger charge is 2.33. The third-order valence-corrected chi connectivity index (χ3v) is 6.44. The van der Waals surface area contributed by atoms with E-state index < -0.39 is 23.4 Å². The number of hydrogen-bond donors (Lipinski definition) is 3. The molecular weight excluding hydrogens is 481 g/mol. The Balaban J connectivity index is 1.61. The molecule has 0 spiro atoms. The van der Waals surface area contributed by atoms with Crippen LogP contribution in [0.3, 0.4) is 0 Å². The second-order valence-corrected chi connectivity index (χ2v) is 8.99. The molecule has 35 heavy (non-hydrogen) atoms. The Labute approximate surface area is 202 Å². The lowest BCUT2D eigenvalue weighted by atomic mass is 9.96. The van der Waals surface area contributed by atoms with Crippen LogP contribution in [0.1, 0.15) is 39.1 Å². The van der Waals surface area contributed by atoms with Crippen LogP contribution < -0.4 is 5.32 Å². The molecule has 1 atom stereocenters. The molecule has 2 aromatic heterocycles. The van der Waals surface area contributed by atoms with Gasteiger partial charge in [-0.05, 0) is 60.9 Å². The molecule has 0 saturated carbocycles. The van der Waals surface area contributed by atoms with Crippen LogP contribution in [0.25, 0.3) is 10.4 Å². The van der Waals surface area contributed by atoms with Crippen LogP contribution >= 0.6 is 11.3 Å². The van der Waals surface area contributed by atoms with Gasteiger partial charge in [-0.3, -0.25) is 0 Å². The first-order valence-corrected chi connectivity index (χ1v) is 11.1. The lowest BCUT2D eigenvalue weighted by Gasteiger charge is -2.21. The van der Waals surface area contributed by atoms with E-state index in [2.05, 4.69) is 20.3 Å². The minimum atomic E-state index is -4.58. The number of nitrogens with one attached hydrogen (secondary N) is 1. The Morgan fingerprint density at radius 1 is 1.06 bits per heavy atom. The molecule has 0 aliphatic carbocycles. The molecule has 180 valence electrons. The summed E-state index contributed by atoms with van der Waals surface area (Å²) in [6, 6.07) is 12.0. The normalized spacial score (nSPS) is 13.3. The first-order chi connectivity index (χ1) is 16.4. The SMILES string of the molecule is Cc1cc(Nc2nccc(C(F)(F)F)n2)cc(-c2cnc([C@](C)(O)c3ccc(C(=O)O)cc3)s2)c1. The monoisotopic (exact) mass is 500 g/mol. The smallest absolute Gasteiger partial charge is 0.433 e. The number of rotatable bonds is 6. The standard InChI is InChI=1S/C24H19F3N4O3S/c1-13-9-15(11-17(10-13)30-22-28-8-7-19(31-22)24(25,26)27)18-12-29-21(35-18)23(2,34)16-5-3-14(4-6-16)20(32)33/h3-12,34H,1-2H3,(H,32,33)(H,28,30,31)/t23-/m1/s1. The molecule has 0 radical (unpaired) electrons. The van der Waals surface area contributed by atoms with Gasteiger partial charge in [0.15, 0.2) is 0 Å². The summed E-state index contributed by atoms with van der Waals surface area (Å²) in [5, 5.41) is 23.4. The van der Waals surface area contributed by atoms with Crippen molar-refractivity contribution in [3.63, 3.8) is 0 Å². The minimum absolute atomic E-state index is 0.105. The van der Waals surface area contributed by atoms with Crippen LogP contribution in [0.5, 0.6) is 0 Å². The number of carboxylic acids is 1. The van der Waals surface area contributed by atoms with Gasteiger partial charge in [0, 0.05) is 18.1 Å². The maximum Gasteiger partial charge on any atom is 0.433 e. The van der Waals surface area contributed by atoms with Crippen LogP contribution in [0.15, 0.2) is 60.9 Å². The van der Waals surface area contributed by atoms with Gasteiger partial charge in [0.1, 0.15) is 16.3 Å². The van der Waals surface area contributed by atoms with Gasteiger partial charge in [0.25, 0.3) is 0 Å². The van der Waals surface area contributed by atoms with E-state index in [-0.39, 0.29) is 11.5 Å². The summed E-state index contributed by atoms with van der Waals surface area (Å²) >= 11 is 1.24. The zero-order valence-corrected chi connectivity index (χ0v) is 19.3. The molecule has 2 heterocycles. The summed E-state index contributed by atoms with van der Waals surface area (Å²) in [4.78, 5) is 23.6. The average molecular weight is 501 g/mol. The first-order valence-electron chi connectivity index (χ1n) is 10.3. The van der Waals surface area contributed by atoms with Crippen LogP contribution in [0.4, 0.5) is 24.8 Å². The van der Waals surface area contributed by atoms with E-state index in [9.17, 15) is 23.1 Å². The number of anilines is 2. The fourth-order valence-corrected chi connectivity index (χ4v) is 4.37. The third-order valence-electron chi connectivity index (χ3n) is 5.18. The van der Waals surface area contributed by atoms with Crippen LogP contribution in [-0.4, -0.2) is 31.1 Å². The predicted molar refractivity (Wildman–Crippen MR) is 125 cm³/mol. The molecule has 0 fully saturated rings. The highest BCUT2D eigenvalue weighted by Crippen LogP contribution is 2.37. The second-order valence-electron chi connectivity index (χ2n) is 7.96. The van der Waals surface area contributed by atoms with Crippen molar-refractivity contribution in [2.45, 2.75) is 25.6 Å². The van der Waals surface area contributed by atoms with Gasteiger partial charge in [-0.25, -0.2) is 19.7 Å². The number of alkyl halides is 3. The molecule has 0 unspecified atom stereocenters. The van der Waals surface area contributed by atoms with E-state index in [0.717, 1.165) is 28.3 Å². The number of thiazole rings is 1. The van der Waals surface area contributed by atoms with Crippen LogP contribution in [-0.2, 0) is 11.8 Å². The number of nitrogens with zero attached hydrogens (tertiary/aromatic N) is 3. The average Bonchev–Trinajstić information content (AvgIpc) is 3.30. The fraction of sp³-hybridized carbons (Fsp3) is 0.167. The molecule has 0 bridgehead atoms. The molecular formula is C24H19F3N4O3S. The molecule has 0 amide bonds. The molecule has 3 N–H and O–H groups in total. The summed E-state index contributed by atoms with van der Waals surface area (Å²) in [5.74, 6) is -1.25. The lowest BCUT2D eigenvalue weighted by Crippen LogP contribution is -2.22. The van der Waals surface area contributed by atoms with E-state index in [1.165, 1.54) is 35.6 Å². The van der Waals surface area contributed by atoms with Crippen LogP contribution in [0.2, 0.25) is 0 Å². The van der Waals surface area contributed by atoms with Gasteiger partial charge in [-0.2, -0.15) is 13.2 Å². The largest absolute Gasteiger partial charge is 0.478 e. The van der Waals surface area contributed by atoms with Crippen LogP contribution in [0, 0.1) is 6.92 Å². The Morgan fingerprint density at radius 2 is 1.77 bits per heavy atom. The number of halogens is 3. The summed E-state index contributed by atoms with van der Waals surface area (Å²) < 4.78 is 38.9. The number of hydrogen-bond acceptors (Lipinski definition) is 7. The van der Waals surface area contributed by atoms with Gasteiger partial charge in [-0.15, -0.1) is 11.3 Å². The van der Waals surface area contributed by atoms with Crippen molar-refractivity contribution in [1.82, 2.24) is 15.0 Å². The van der Waals surface area contributed by atoms with Gasteiger partial charge >= 0.3 is 12.1 Å². The summed E-state index contributed by atoms with van der Waals surface area (Å²) in [7, 11) is 0. The number of carboxylic acid groups (broad SMARTS) is 1. The zero-order valence-electron chi connectivity index (χ0n) is 18.5. The highest BCUT2D eigenvalue weighted by atomic mass is 32.1. The summed E-state index contributed by atoms with van der Waals surface area (Å²) in [6.07, 6.45) is -1.95. The van der Waals surface area contributed by atoms with E-state index in [4.69, 9.17) is 5.11 Å². The zero-order chi connectivity index (χ0) is 25.4. The number of aliphatic hydroxyl groups is 1. The van der Waals surface area contributed by atoms with E-state index in [1.54, 1.807) is 25.3 Å². The van der Waals surface area contributed by atoms with Gasteiger partial charge in [0.2, 0.25) is 5.95 Å². The van der Waals surface area contributed by atoms with Crippen molar-refractivity contribution in [1.29, 1.82) is 0 Å². The van der Waals surface area contributed by atoms with Crippen molar-refractivity contribution >= 4 is 28.9 Å². The number of benzene rings is 2. The third kappa shape index (κ3) is 5.31. The molecule has 7 nitrogen and oxygen atoms in total. The highest BCUT2D eigenvalue weighted by molar-refractivity contribution is 7.15. The second kappa shape index (κ2) is 9.08. The molecule has 0 aliphatic heterocycles. The van der Waals surface area contributed by atoms with Crippen molar-refractivity contribution in [2.24, 2.45) is 0 Å². The van der Waals surface area contributed by atoms with E-state index in [1.807, 2.05) is 13.0 Å². The topological polar surface area (TPSA) is 108 Å². The molecule has 2 aromatic carbocycles. The minimum Gasteiger partial charge on any atom is -0.478 e. The van der Waals surface area contributed by atoms with Crippen molar-refractivity contribution < 1.29 is 28.2 Å². The maximum atomic E-state index is 13.0. The van der Waals surface area contributed by atoms with Gasteiger partial charge in [-0.1, -0.05) is 18.2 Å². The molecule has 0 aliphatic rings.